The van der Waals surface area contributed by atoms with Gasteiger partial charge in [-0.05, 0) is 46.7 Å². The number of pyridine rings is 1. The van der Waals surface area contributed by atoms with Crippen molar-refractivity contribution < 1.29 is 0 Å². The number of halogens is 1. The van der Waals surface area contributed by atoms with Gasteiger partial charge in [0.15, 0.2) is 5.82 Å². The second-order valence-electron chi connectivity index (χ2n) is 2.02. The molecule has 1 aromatic heterocycles. The molecule has 1 rings (SSSR count). The highest BCUT2D eigenvalue weighted by Crippen LogP contribution is 2.22. The summed E-state index contributed by atoms with van der Waals surface area (Å²) < 4.78 is 0.842. The van der Waals surface area contributed by atoms with Gasteiger partial charge in [-0.2, -0.15) is 4.99 Å². The zero-order valence-corrected chi connectivity index (χ0v) is 8.24. The summed E-state index contributed by atoms with van der Waals surface area (Å²) in [7, 11) is 0. The molecule has 0 unspecified atom stereocenters. The fraction of sp³-hybridized carbons (Fsp3) is 0.143. The van der Waals surface area contributed by atoms with Crippen molar-refractivity contribution in [1.82, 2.24) is 4.98 Å². The standard InChI is InChI=1S/C7H5BrN2S/c1-5-2-6(8)7(9-3-5)10-4-11/h2-3H,1H3. The van der Waals surface area contributed by atoms with E-state index in [0.717, 1.165) is 10.0 Å². The van der Waals surface area contributed by atoms with Crippen LogP contribution in [-0.2, 0) is 0 Å². The Morgan fingerprint density at radius 1 is 1.73 bits per heavy atom. The Morgan fingerprint density at radius 3 is 3.00 bits per heavy atom. The second-order valence-corrected chi connectivity index (χ2v) is 3.06. The highest BCUT2D eigenvalue weighted by Gasteiger charge is 1.97. The molecule has 1 heterocycles. The zero-order chi connectivity index (χ0) is 8.27. The van der Waals surface area contributed by atoms with Crippen LogP contribution < -0.4 is 0 Å². The predicted octanol–water partition coefficient (Wildman–Crippen LogP) is 2.89. The third-order valence-electron chi connectivity index (χ3n) is 1.11. The summed E-state index contributed by atoms with van der Waals surface area (Å²) in [6.45, 7) is 1.96. The van der Waals surface area contributed by atoms with Crippen LogP contribution >= 0.6 is 28.1 Å². The van der Waals surface area contributed by atoms with E-state index < -0.39 is 0 Å². The maximum Gasteiger partial charge on any atom is 0.176 e. The molecule has 0 spiro atoms. The van der Waals surface area contributed by atoms with Crippen LogP contribution in [0.15, 0.2) is 21.7 Å². The van der Waals surface area contributed by atoms with E-state index in [0.29, 0.717) is 5.82 Å². The quantitative estimate of drug-likeness (QED) is 0.546. The smallest absolute Gasteiger partial charge is 0.176 e. The third-order valence-corrected chi connectivity index (χ3v) is 1.78. The Balaban J connectivity index is 3.19. The van der Waals surface area contributed by atoms with E-state index in [1.807, 2.05) is 13.0 Å². The Morgan fingerprint density at radius 2 is 2.45 bits per heavy atom. The number of thiocarbonyl (C=S) groups is 1. The topological polar surface area (TPSA) is 25.2 Å². The van der Waals surface area contributed by atoms with Crippen molar-refractivity contribution in [2.45, 2.75) is 6.92 Å². The maximum atomic E-state index is 4.45. The molecular formula is C7H5BrN2S. The molecule has 0 N–H and O–H groups in total. The van der Waals surface area contributed by atoms with Gasteiger partial charge in [-0.3, -0.25) is 0 Å². The lowest BCUT2D eigenvalue weighted by molar-refractivity contribution is 1.22. The van der Waals surface area contributed by atoms with Gasteiger partial charge >= 0.3 is 0 Å². The average Bonchev–Trinajstić information content (AvgIpc) is 1.95. The summed E-state index contributed by atoms with van der Waals surface area (Å²) in [4.78, 5) is 7.78. The Labute approximate surface area is 78.5 Å². The van der Waals surface area contributed by atoms with Gasteiger partial charge in [-0.1, -0.05) is 0 Å². The second kappa shape index (κ2) is 3.72. The number of hydrogen-bond acceptors (Lipinski definition) is 3. The number of aromatic nitrogens is 1. The predicted molar refractivity (Wildman–Crippen MR) is 51.4 cm³/mol. The van der Waals surface area contributed by atoms with Crippen LogP contribution in [0.25, 0.3) is 0 Å². The van der Waals surface area contributed by atoms with Crippen LogP contribution in [0, 0.1) is 6.92 Å². The monoisotopic (exact) mass is 228 g/mol. The van der Waals surface area contributed by atoms with Gasteiger partial charge in [-0.25, -0.2) is 4.98 Å². The van der Waals surface area contributed by atoms with E-state index in [1.54, 1.807) is 6.20 Å². The van der Waals surface area contributed by atoms with Crippen molar-refractivity contribution in [1.29, 1.82) is 0 Å². The first kappa shape index (κ1) is 8.53. The van der Waals surface area contributed by atoms with E-state index in [9.17, 15) is 0 Å². The summed E-state index contributed by atoms with van der Waals surface area (Å²) in [6, 6.07) is 1.93. The van der Waals surface area contributed by atoms with Crippen molar-refractivity contribution in [3.63, 3.8) is 0 Å². The lowest BCUT2D eigenvalue weighted by Crippen LogP contribution is -1.78. The minimum atomic E-state index is 0.575. The van der Waals surface area contributed by atoms with Crippen LogP contribution in [0.5, 0.6) is 0 Å². The Kier molecular flexibility index (Phi) is 2.88. The first-order valence-electron chi connectivity index (χ1n) is 2.94. The van der Waals surface area contributed by atoms with Crippen LogP contribution in [0.1, 0.15) is 5.56 Å². The van der Waals surface area contributed by atoms with Crippen molar-refractivity contribution >= 4 is 39.1 Å². The maximum absolute atomic E-state index is 4.45. The van der Waals surface area contributed by atoms with Crippen molar-refractivity contribution in [2.75, 3.05) is 0 Å². The average molecular weight is 229 g/mol. The fourth-order valence-corrected chi connectivity index (χ4v) is 1.29. The molecule has 0 aromatic carbocycles. The Bertz CT molecular complexity index is 318. The first-order valence-corrected chi connectivity index (χ1v) is 4.14. The number of rotatable bonds is 1. The molecule has 0 radical (unpaired) electrons. The van der Waals surface area contributed by atoms with E-state index in [1.165, 1.54) is 0 Å². The molecule has 0 saturated carbocycles. The molecule has 0 fully saturated rings. The number of hydrogen-bond donors (Lipinski definition) is 0. The summed E-state index contributed by atoms with van der Waals surface area (Å²) >= 11 is 7.75. The highest BCUT2D eigenvalue weighted by molar-refractivity contribution is 9.10. The molecule has 1 aromatic rings. The largest absolute Gasteiger partial charge is 0.235 e. The van der Waals surface area contributed by atoms with E-state index in [2.05, 4.69) is 43.3 Å². The highest BCUT2D eigenvalue weighted by atomic mass is 79.9. The van der Waals surface area contributed by atoms with Gasteiger partial charge < -0.3 is 0 Å². The fourth-order valence-electron chi connectivity index (χ4n) is 0.652. The summed E-state index contributed by atoms with van der Waals surface area (Å²) in [5, 5.41) is 2.26. The summed E-state index contributed by atoms with van der Waals surface area (Å²) in [5.41, 5.74) is 1.08. The van der Waals surface area contributed by atoms with Gasteiger partial charge in [0.05, 0.1) is 9.63 Å². The van der Waals surface area contributed by atoms with E-state index >= 15 is 0 Å². The van der Waals surface area contributed by atoms with E-state index in [4.69, 9.17) is 0 Å². The van der Waals surface area contributed by atoms with Crippen LogP contribution in [-0.4, -0.2) is 10.1 Å². The number of isothiocyanates is 1. The summed E-state index contributed by atoms with van der Waals surface area (Å²) in [5.74, 6) is 0.575. The Hall–Kier alpha value is -0.570. The van der Waals surface area contributed by atoms with Crippen LogP contribution in [0.3, 0.4) is 0 Å². The SMILES string of the molecule is Cc1cnc(N=C=S)c(Br)c1. The molecule has 0 saturated heterocycles. The number of nitrogens with zero attached hydrogens (tertiary/aromatic N) is 2. The zero-order valence-electron chi connectivity index (χ0n) is 5.84. The minimum absolute atomic E-state index is 0.575. The molecule has 56 valence electrons. The van der Waals surface area contributed by atoms with Crippen LogP contribution in [0.4, 0.5) is 5.82 Å². The molecule has 0 bridgehead atoms. The molecule has 0 aliphatic rings. The van der Waals surface area contributed by atoms with Gasteiger partial charge in [0.1, 0.15) is 0 Å². The van der Waals surface area contributed by atoms with Gasteiger partial charge in [0.25, 0.3) is 0 Å². The molecule has 0 atom stereocenters. The van der Waals surface area contributed by atoms with E-state index in [-0.39, 0.29) is 0 Å². The lowest BCUT2D eigenvalue weighted by atomic mass is 10.3. The molecular weight excluding hydrogens is 224 g/mol. The van der Waals surface area contributed by atoms with Crippen LogP contribution in [0.2, 0.25) is 0 Å². The molecule has 0 aliphatic heterocycles. The third kappa shape index (κ3) is 2.19. The molecule has 4 heteroatoms. The van der Waals surface area contributed by atoms with Gasteiger partial charge in [0.2, 0.25) is 0 Å². The summed E-state index contributed by atoms with van der Waals surface area (Å²) in [6.07, 6.45) is 1.73. The molecule has 0 aliphatic carbocycles. The van der Waals surface area contributed by atoms with Crippen molar-refractivity contribution in [3.8, 4) is 0 Å². The number of aliphatic imine (C=N–C) groups is 1. The first-order chi connectivity index (χ1) is 5.24. The van der Waals surface area contributed by atoms with Crippen molar-refractivity contribution in [3.05, 3.63) is 22.3 Å². The minimum Gasteiger partial charge on any atom is -0.235 e. The van der Waals surface area contributed by atoms with Crippen molar-refractivity contribution in [2.24, 2.45) is 4.99 Å². The van der Waals surface area contributed by atoms with Gasteiger partial charge in [0, 0.05) is 6.20 Å². The molecule has 0 amide bonds. The van der Waals surface area contributed by atoms with Gasteiger partial charge in [-0.15, -0.1) is 0 Å². The molecule has 11 heavy (non-hydrogen) atoms. The lowest BCUT2D eigenvalue weighted by Gasteiger charge is -1.95. The molecule has 2 nitrogen and oxygen atoms in total. The normalized spacial score (nSPS) is 8.91. The number of aryl methyl sites for hydroxylation is 1.